The second-order valence-corrected chi connectivity index (χ2v) is 5.17. The van der Waals surface area contributed by atoms with E-state index in [1.807, 2.05) is 11.8 Å². The molecule has 1 aromatic rings. The molecule has 0 fully saturated rings. The molecule has 0 N–H and O–H groups in total. The zero-order chi connectivity index (χ0) is 14.3. The fourth-order valence-corrected chi connectivity index (χ4v) is 2.14. The SMILES string of the molecule is CCCN(CC(=O)OCC)Cc1ccc(Br)cc1F. The van der Waals surface area contributed by atoms with Gasteiger partial charge in [0.1, 0.15) is 5.82 Å². The summed E-state index contributed by atoms with van der Waals surface area (Å²) >= 11 is 3.23. The largest absolute Gasteiger partial charge is 0.465 e. The van der Waals surface area contributed by atoms with Gasteiger partial charge in [-0.05, 0) is 32.0 Å². The number of hydrogen-bond donors (Lipinski definition) is 0. The lowest BCUT2D eigenvalue weighted by Crippen LogP contribution is -2.31. The van der Waals surface area contributed by atoms with Gasteiger partial charge in [0.2, 0.25) is 0 Å². The lowest BCUT2D eigenvalue weighted by molar-refractivity contribution is -0.144. The summed E-state index contributed by atoms with van der Waals surface area (Å²) in [5.41, 5.74) is 0.584. The Morgan fingerprint density at radius 3 is 2.74 bits per heavy atom. The molecule has 0 aliphatic rings. The first-order chi connectivity index (χ1) is 9.06. The van der Waals surface area contributed by atoms with Crippen molar-refractivity contribution in [2.45, 2.75) is 26.8 Å². The number of rotatable bonds is 7. The van der Waals surface area contributed by atoms with Crippen molar-refractivity contribution < 1.29 is 13.9 Å². The smallest absolute Gasteiger partial charge is 0.320 e. The molecule has 0 radical (unpaired) electrons. The highest BCUT2D eigenvalue weighted by Gasteiger charge is 2.13. The van der Waals surface area contributed by atoms with Crippen LogP contribution in [0.4, 0.5) is 4.39 Å². The molecule has 0 aliphatic carbocycles. The van der Waals surface area contributed by atoms with Crippen molar-refractivity contribution in [3.8, 4) is 0 Å². The molecule has 0 saturated carbocycles. The molecule has 19 heavy (non-hydrogen) atoms. The Hall–Kier alpha value is -0.940. The van der Waals surface area contributed by atoms with Gasteiger partial charge >= 0.3 is 5.97 Å². The normalized spacial score (nSPS) is 10.8. The van der Waals surface area contributed by atoms with E-state index in [9.17, 15) is 9.18 Å². The van der Waals surface area contributed by atoms with Crippen LogP contribution in [0.5, 0.6) is 0 Å². The van der Waals surface area contributed by atoms with E-state index in [1.165, 1.54) is 6.07 Å². The predicted molar refractivity (Wildman–Crippen MR) is 76.3 cm³/mol. The van der Waals surface area contributed by atoms with Crippen molar-refractivity contribution in [3.63, 3.8) is 0 Å². The van der Waals surface area contributed by atoms with Gasteiger partial charge in [-0.25, -0.2) is 4.39 Å². The monoisotopic (exact) mass is 331 g/mol. The molecule has 0 saturated heterocycles. The fourth-order valence-electron chi connectivity index (χ4n) is 1.81. The predicted octanol–water partition coefficient (Wildman–Crippen LogP) is 3.36. The van der Waals surface area contributed by atoms with Gasteiger partial charge in [0.05, 0.1) is 13.2 Å². The van der Waals surface area contributed by atoms with Crippen LogP contribution in [0, 0.1) is 5.82 Å². The van der Waals surface area contributed by atoms with E-state index in [0.29, 0.717) is 23.2 Å². The average molecular weight is 332 g/mol. The molecule has 1 rings (SSSR count). The number of esters is 1. The van der Waals surface area contributed by atoms with Gasteiger partial charge in [-0.1, -0.05) is 28.9 Å². The molecule has 0 atom stereocenters. The second-order valence-electron chi connectivity index (χ2n) is 4.25. The minimum absolute atomic E-state index is 0.192. The number of halogens is 2. The average Bonchev–Trinajstić information content (AvgIpc) is 2.33. The molecule has 106 valence electrons. The maximum absolute atomic E-state index is 13.8. The van der Waals surface area contributed by atoms with Crippen molar-refractivity contribution in [3.05, 3.63) is 34.1 Å². The maximum Gasteiger partial charge on any atom is 0.320 e. The van der Waals surface area contributed by atoms with Crippen LogP contribution in [-0.2, 0) is 16.1 Å². The zero-order valence-electron chi connectivity index (χ0n) is 11.3. The minimum atomic E-state index is -0.270. The summed E-state index contributed by atoms with van der Waals surface area (Å²) in [7, 11) is 0. The number of benzene rings is 1. The summed E-state index contributed by atoms with van der Waals surface area (Å²) in [4.78, 5) is 13.4. The van der Waals surface area contributed by atoms with Crippen LogP contribution < -0.4 is 0 Å². The van der Waals surface area contributed by atoms with Crippen LogP contribution in [0.25, 0.3) is 0 Å². The molecule has 0 aliphatic heterocycles. The van der Waals surface area contributed by atoms with Gasteiger partial charge in [-0.3, -0.25) is 9.69 Å². The Balaban J connectivity index is 2.69. The Morgan fingerprint density at radius 2 is 2.16 bits per heavy atom. The van der Waals surface area contributed by atoms with Crippen molar-refractivity contribution in [2.75, 3.05) is 19.7 Å². The topological polar surface area (TPSA) is 29.5 Å². The Labute approximate surface area is 121 Å². The molecule has 0 spiro atoms. The van der Waals surface area contributed by atoms with Gasteiger partial charge < -0.3 is 4.74 Å². The fraction of sp³-hybridized carbons (Fsp3) is 0.500. The standard InChI is InChI=1S/C14H19BrFNO2/c1-3-7-17(10-14(18)19-4-2)9-11-5-6-12(15)8-13(11)16/h5-6,8H,3-4,7,9-10H2,1-2H3. The Bertz CT molecular complexity index is 426. The summed E-state index contributed by atoms with van der Waals surface area (Å²) in [5, 5.41) is 0. The molecule has 3 nitrogen and oxygen atoms in total. The number of nitrogens with zero attached hydrogens (tertiary/aromatic N) is 1. The van der Waals surface area contributed by atoms with E-state index in [4.69, 9.17) is 4.74 Å². The highest BCUT2D eigenvalue weighted by molar-refractivity contribution is 9.10. The molecule has 5 heteroatoms. The summed E-state index contributed by atoms with van der Waals surface area (Å²) in [6.45, 7) is 5.50. The van der Waals surface area contributed by atoms with Crippen LogP contribution in [0.3, 0.4) is 0 Å². The number of hydrogen-bond acceptors (Lipinski definition) is 3. The zero-order valence-corrected chi connectivity index (χ0v) is 12.9. The number of ether oxygens (including phenoxy) is 1. The lowest BCUT2D eigenvalue weighted by atomic mass is 10.2. The van der Waals surface area contributed by atoms with E-state index < -0.39 is 0 Å². The van der Waals surface area contributed by atoms with Crippen molar-refractivity contribution in [1.29, 1.82) is 0 Å². The number of carbonyl (C=O) groups is 1. The molecule has 0 bridgehead atoms. The lowest BCUT2D eigenvalue weighted by Gasteiger charge is -2.21. The third-order valence-electron chi connectivity index (χ3n) is 2.61. The van der Waals surface area contributed by atoms with E-state index >= 15 is 0 Å². The second kappa shape index (κ2) is 8.27. The molecule has 0 aromatic heterocycles. The third-order valence-corrected chi connectivity index (χ3v) is 3.10. The first-order valence-electron chi connectivity index (χ1n) is 6.38. The highest BCUT2D eigenvalue weighted by Crippen LogP contribution is 2.17. The van der Waals surface area contributed by atoms with Crippen LogP contribution in [0.1, 0.15) is 25.8 Å². The molecule has 0 amide bonds. The van der Waals surface area contributed by atoms with E-state index in [-0.39, 0.29) is 18.3 Å². The van der Waals surface area contributed by atoms with Crippen molar-refractivity contribution in [2.24, 2.45) is 0 Å². The summed E-state index contributed by atoms with van der Waals surface area (Å²) in [5.74, 6) is -0.534. The van der Waals surface area contributed by atoms with E-state index in [0.717, 1.165) is 13.0 Å². The molecular formula is C14H19BrFNO2. The van der Waals surface area contributed by atoms with Gasteiger partial charge in [0, 0.05) is 16.6 Å². The Morgan fingerprint density at radius 1 is 1.42 bits per heavy atom. The van der Waals surface area contributed by atoms with E-state index in [1.54, 1.807) is 19.1 Å². The van der Waals surface area contributed by atoms with Crippen LogP contribution in [0.15, 0.2) is 22.7 Å². The summed E-state index contributed by atoms with van der Waals surface area (Å²) in [6, 6.07) is 4.96. The molecule has 1 aromatic carbocycles. The van der Waals surface area contributed by atoms with Gasteiger partial charge in [-0.2, -0.15) is 0 Å². The summed E-state index contributed by atoms with van der Waals surface area (Å²) in [6.07, 6.45) is 0.900. The first kappa shape index (κ1) is 16.1. The van der Waals surface area contributed by atoms with Crippen molar-refractivity contribution in [1.82, 2.24) is 4.90 Å². The van der Waals surface area contributed by atoms with Crippen LogP contribution in [-0.4, -0.2) is 30.6 Å². The van der Waals surface area contributed by atoms with Crippen LogP contribution >= 0.6 is 15.9 Å². The van der Waals surface area contributed by atoms with Gasteiger partial charge in [0.15, 0.2) is 0 Å². The maximum atomic E-state index is 13.8. The molecular weight excluding hydrogens is 313 g/mol. The quantitative estimate of drug-likeness (QED) is 0.717. The molecule has 0 heterocycles. The van der Waals surface area contributed by atoms with Crippen LogP contribution in [0.2, 0.25) is 0 Å². The first-order valence-corrected chi connectivity index (χ1v) is 7.18. The number of carbonyl (C=O) groups excluding carboxylic acids is 1. The van der Waals surface area contributed by atoms with E-state index in [2.05, 4.69) is 15.9 Å². The summed E-state index contributed by atoms with van der Waals surface area (Å²) < 4.78 is 19.4. The van der Waals surface area contributed by atoms with Crippen molar-refractivity contribution >= 4 is 21.9 Å². The highest BCUT2D eigenvalue weighted by atomic mass is 79.9. The van der Waals surface area contributed by atoms with Gasteiger partial charge in [-0.15, -0.1) is 0 Å². The Kier molecular flexibility index (Phi) is 7.02. The third kappa shape index (κ3) is 5.70. The molecule has 0 unspecified atom stereocenters. The minimum Gasteiger partial charge on any atom is -0.465 e. The van der Waals surface area contributed by atoms with Gasteiger partial charge in [0.25, 0.3) is 0 Å².